The monoisotopic (exact) mass is 240 g/mol. The first-order chi connectivity index (χ1) is 8.08. The lowest BCUT2D eigenvalue weighted by atomic mass is 10.2. The molecule has 7 nitrogen and oxygen atoms in total. The van der Waals surface area contributed by atoms with E-state index in [0.717, 1.165) is 0 Å². The van der Waals surface area contributed by atoms with Crippen molar-refractivity contribution >= 4 is 5.91 Å². The molecule has 1 rings (SSSR count). The molecule has 0 aliphatic rings. The van der Waals surface area contributed by atoms with Gasteiger partial charge in [0, 0.05) is 24.7 Å². The number of nitrogens with one attached hydrogen (secondary N) is 2. The van der Waals surface area contributed by atoms with Crippen LogP contribution in [0.5, 0.6) is 0 Å². The third-order valence-corrected chi connectivity index (χ3v) is 2.43. The van der Waals surface area contributed by atoms with E-state index in [4.69, 9.17) is 5.84 Å². The van der Waals surface area contributed by atoms with Gasteiger partial charge in [0.25, 0.3) is 5.56 Å². The van der Waals surface area contributed by atoms with Gasteiger partial charge in [0.15, 0.2) is 0 Å². The number of nitrogens with two attached hydrogens (primary N) is 1. The Labute approximate surface area is 97.6 Å². The number of hydrazine groups is 1. The zero-order valence-corrected chi connectivity index (χ0v) is 9.66. The summed E-state index contributed by atoms with van der Waals surface area (Å²) in [5.41, 5.74) is 1.75. The molecule has 1 amide bonds. The first-order valence-corrected chi connectivity index (χ1v) is 5.40. The summed E-state index contributed by atoms with van der Waals surface area (Å²) in [6, 6.07) is 0. The number of hydrogen-bond acceptors (Lipinski definition) is 4. The highest BCUT2D eigenvalue weighted by atomic mass is 16.2. The Hall–Kier alpha value is -1.89. The maximum Gasteiger partial charge on any atom is 0.328 e. The van der Waals surface area contributed by atoms with E-state index in [1.807, 2.05) is 12.3 Å². The van der Waals surface area contributed by atoms with E-state index >= 15 is 0 Å². The lowest BCUT2D eigenvalue weighted by molar-refractivity contribution is -0.121. The molecule has 0 aliphatic carbocycles. The van der Waals surface area contributed by atoms with Crippen molar-refractivity contribution in [2.24, 2.45) is 5.84 Å². The zero-order valence-electron chi connectivity index (χ0n) is 9.66. The maximum atomic E-state index is 11.4. The summed E-state index contributed by atoms with van der Waals surface area (Å²) in [6.07, 6.45) is 2.81. The molecular weight excluding hydrogens is 224 g/mol. The number of H-pyrrole nitrogens is 1. The molecule has 1 aromatic rings. The Bertz CT molecular complexity index is 503. The fourth-order valence-electron chi connectivity index (χ4n) is 1.45. The molecule has 0 aliphatic heterocycles. The van der Waals surface area contributed by atoms with Gasteiger partial charge in [0.1, 0.15) is 0 Å². The van der Waals surface area contributed by atoms with Gasteiger partial charge in [-0.1, -0.05) is 6.92 Å². The molecule has 0 saturated carbocycles. The minimum Gasteiger partial charge on any atom is -0.300 e. The van der Waals surface area contributed by atoms with Crippen molar-refractivity contribution in [1.82, 2.24) is 15.0 Å². The van der Waals surface area contributed by atoms with Crippen LogP contribution in [0.2, 0.25) is 0 Å². The van der Waals surface area contributed by atoms with Gasteiger partial charge in [-0.25, -0.2) is 10.6 Å². The van der Waals surface area contributed by atoms with Gasteiger partial charge >= 0.3 is 5.69 Å². The number of aryl methyl sites for hydroxylation is 2. The molecule has 7 heteroatoms. The first-order valence-electron chi connectivity index (χ1n) is 5.40. The Kier molecular flexibility index (Phi) is 4.65. The van der Waals surface area contributed by atoms with Crippen molar-refractivity contribution in [3.63, 3.8) is 0 Å². The molecule has 0 atom stereocenters. The van der Waals surface area contributed by atoms with Crippen LogP contribution >= 0.6 is 0 Å². The number of nitrogens with zero attached hydrogens (tertiary/aromatic N) is 1. The second-order valence-corrected chi connectivity index (χ2v) is 3.63. The second kappa shape index (κ2) is 6.00. The largest absolute Gasteiger partial charge is 0.328 e. The molecule has 0 radical (unpaired) electrons. The van der Waals surface area contributed by atoms with Crippen molar-refractivity contribution in [2.75, 3.05) is 0 Å². The van der Waals surface area contributed by atoms with E-state index < -0.39 is 5.69 Å². The van der Waals surface area contributed by atoms with Crippen LogP contribution in [-0.4, -0.2) is 15.5 Å². The highest BCUT2D eigenvalue weighted by molar-refractivity contribution is 5.74. The summed E-state index contributed by atoms with van der Waals surface area (Å²) in [5, 5.41) is 0. The van der Waals surface area contributed by atoms with Crippen LogP contribution in [0.4, 0.5) is 0 Å². The third kappa shape index (κ3) is 3.56. The molecule has 4 N–H and O–H groups in total. The fourth-order valence-corrected chi connectivity index (χ4v) is 1.45. The van der Waals surface area contributed by atoms with Crippen LogP contribution < -0.4 is 22.5 Å². The molecule has 0 spiro atoms. The number of hydrogen-bond donors (Lipinski definition) is 3. The van der Waals surface area contributed by atoms with Gasteiger partial charge in [-0.2, -0.15) is 0 Å². The smallest absolute Gasteiger partial charge is 0.300 e. The highest BCUT2D eigenvalue weighted by Crippen LogP contribution is 1.94. The average Bonchev–Trinajstić information content (AvgIpc) is 2.31. The summed E-state index contributed by atoms with van der Waals surface area (Å²) < 4.78 is 1.39. The Morgan fingerprint density at radius 2 is 2.24 bits per heavy atom. The topological polar surface area (TPSA) is 110 Å². The van der Waals surface area contributed by atoms with E-state index in [1.165, 1.54) is 10.8 Å². The Morgan fingerprint density at radius 3 is 2.82 bits per heavy atom. The van der Waals surface area contributed by atoms with Gasteiger partial charge in [0.2, 0.25) is 5.91 Å². The summed E-state index contributed by atoms with van der Waals surface area (Å²) in [6.45, 7) is 2.21. The zero-order chi connectivity index (χ0) is 12.8. The Morgan fingerprint density at radius 1 is 1.53 bits per heavy atom. The molecule has 0 bridgehead atoms. The normalized spacial score (nSPS) is 10.2. The first kappa shape index (κ1) is 13.2. The lowest BCUT2D eigenvalue weighted by Gasteiger charge is -2.06. The van der Waals surface area contributed by atoms with Crippen LogP contribution in [0, 0.1) is 0 Å². The minimum atomic E-state index is -0.458. The SMILES string of the molecule is CCc1cn(CCCC(=O)NN)c(=O)[nH]c1=O. The number of aromatic nitrogens is 2. The molecule has 94 valence electrons. The van der Waals surface area contributed by atoms with Crippen LogP contribution in [0.1, 0.15) is 25.3 Å². The van der Waals surface area contributed by atoms with Crippen molar-refractivity contribution in [3.8, 4) is 0 Å². The molecule has 0 unspecified atom stereocenters. The number of rotatable bonds is 5. The van der Waals surface area contributed by atoms with E-state index in [-0.39, 0.29) is 17.9 Å². The predicted molar refractivity (Wildman–Crippen MR) is 62.3 cm³/mol. The summed E-state index contributed by atoms with van der Waals surface area (Å²) >= 11 is 0. The van der Waals surface area contributed by atoms with Crippen LogP contribution in [0.3, 0.4) is 0 Å². The van der Waals surface area contributed by atoms with Crippen LogP contribution in [0.15, 0.2) is 15.8 Å². The third-order valence-electron chi connectivity index (χ3n) is 2.43. The number of carbonyl (C=O) groups is 1. The van der Waals surface area contributed by atoms with E-state index in [1.54, 1.807) is 0 Å². The summed E-state index contributed by atoms with van der Waals surface area (Å²) in [7, 11) is 0. The van der Waals surface area contributed by atoms with Gasteiger partial charge in [-0.3, -0.25) is 20.0 Å². The van der Waals surface area contributed by atoms with Gasteiger partial charge in [-0.15, -0.1) is 0 Å². The number of carbonyl (C=O) groups excluding carboxylic acids is 1. The predicted octanol–water partition coefficient (Wildman–Crippen LogP) is -1.13. The van der Waals surface area contributed by atoms with Crippen molar-refractivity contribution < 1.29 is 4.79 Å². The second-order valence-electron chi connectivity index (χ2n) is 3.63. The molecule has 0 saturated heterocycles. The molecule has 1 aromatic heterocycles. The average molecular weight is 240 g/mol. The fraction of sp³-hybridized carbons (Fsp3) is 0.500. The van der Waals surface area contributed by atoms with E-state index in [0.29, 0.717) is 24.9 Å². The number of amides is 1. The lowest BCUT2D eigenvalue weighted by Crippen LogP contribution is -2.33. The Balaban J connectivity index is 2.74. The van der Waals surface area contributed by atoms with Crippen molar-refractivity contribution in [3.05, 3.63) is 32.6 Å². The quantitative estimate of drug-likeness (QED) is 0.343. The van der Waals surface area contributed by atoms with Crippen molar-refractivity contribution in [2.45, 2.75) is 32.7 Å². The van der Waals surface area contributed by atoms with Crippen LogP contribution in [-0.2, 0) is 17.8 Å². The summed E-state index contributed by atoms with van der Waals surface area (Å²) in [5.74, 6) is 4.65. The highest BCUT2D eigenvalue weighted by Gasteiger charge is 2.04. The van der Waals surface area contributed by atoms with Gasteiger partial charge in [0.05, 0.1) is 0 Å². The molecule has 0 aromatic carbocycles. The van der Waals surface area contributed by atoms with Gasteiger partial charge < -0.3 is 4.57 Å². The molecule has 1 heterocycles. The van der Waals surface area contributed by atoms with Crippen LogP contribution in [0.25, 0.3) is 0 Å². The van der Waals surface area contributed by atoms with Crippen molar-refractivity contribution in [1.29, 1.82) is 0 Å². The van der Waals surface area contributed by atoms with Gasteiger partial charge in [-0.05, 0) is 12.8 Å². The summed E-state index contributed by atoms with van der Waals surface area (Å²) in [4.78, 5) is 35.9. The molecule has 0 fully saturated rings. The molecule has 17 heavy (non-hydrogen) atoms. The van der Waals surface area contributed by atoms with E-state index in [2.05, 4.69) is 4.98 Å². The number of aromatic amines is 1. The maximum absolute atomic E-state index is 11.4. The van der Waals surface area contributed by atoms with E-state index in [9.17, 15) is 14.4 Å². The standard InChI is InChI=1S/C10H16N4O3/c1-2-7-6-14(10(17)12-9(7)16)5-3-4-8(15)13-11/h6H,2-5,11H2,1H3,(H,13,15)(H,12,16,17). The minimum absolute atomic E-state index is 0.240. The molecular formula is C10H16N4O3.